The molecule has 0 saturated heterocycles. The first-order valence-electron chi connectivity index (χ1n) is 6.84. The van der Waals surface area contributed by atoms with Crippen LogP contribution >= 0.6 is 31.9 Å². The molecule has 5 heteroatoms. The van der Waals surface area contributed by atoms with E-state index >= 15 is 0 Å². The van der Waals surface area contributed by atoms with Crippen LogP contribution in [-0.4, -0.2) is 20.1 Å². The lowest BCUT2D eigenvalue weighted by Crippen LogP contribution is -2.04. The van der Waals surface area contributed by atoms with Crippen molar-refractivity contribution in [2.75, 3.05) is 5.73 Å². The Bertz CT molecular complexity index is 477. The minimum Gasteiger partial charge on any atom is -0.397 e. The van der Waals surface area contributed by atoms with Crippen LogP contribution in [0.2, 0.25) is 5.82 Å². The van der Waals surface area contributed by atoms with Crippen molar-refractivity contribution in [3.63, 3.8) is 0 Å². The summed E-state index contributed by atoms with van der Waals surface area (Å²) in [6.45, 7) is 0. The Morgan fingerprint density at radius 1 is 1.21 bits per heavy atom. The van der Waals surface area contributed by atoms with E-state index in [1.54, 1.807) is 0 Å². The maximum atomic E-state index is 6.06. The molecular weight excluding hydrogens is 367 g/mol. The van der Waals surface area contributed by atoms with Crippen LogP contribution < -0.4 is 5.73 Å². The zero-order valence-electron chi connectivity index (χ0n) is 11.2. The van der Waals surface area contributed by atoms with Gasteiger partial charge in [-0.1, -0.05) is 41.0 Å². The van der Waals surface area contributed by atoms with Crippen LogP contribution in [-0.2, 0) is 0 Å². The Morgan fingerprint density at radius 2 is 2.00 bits per heavy atom. The van der Waals surface area contributed by atoms with Crippen molar-refractivity contribution in [3.8, 4) is 0 Å². The van der Waals surface area contributed by atoms with Crippen molar-refractivity contribution in [1.82, 2.24) is 0 Å². The Kier molecular flexibility index (Phi) is 5.52. The Balaban J connectivity index is 2.10. The summed E-state index contributed by atoms with van der Waals surface area (Å²) >= 11 is 6.95. The fraction of sp³-hybridized carbons (Fsp3) is 0.500. The number of hydrogen-bond donors (Lipinski definition) is 1. The summed E-state index contributed by atoms with van der Waals surface area (Å²) in [5.41, 5.74) is 7.80. The molecule has 0 heterocycles. The quantitative estimate of drug-likeness (QED) is 0.356. The summed E-state index contributed by atoms with van der Waals surface area (Å²) in [6.07, 6.45) is 8.27. The summed E-state index contributed by atoms with van der Waals surface area (Å²) in [7, 11) is 2.34. The molecule has 1 aliphatic rings. The maximum absolute atomic E-state index is 6.06. The average molecular weight is 386 g/mol. The molecule has 102 valence electrons. The Morgan fingerprint density at radius 3 is 2.79 bits per heavy atom. The zero-order chi connectivity index (χ0) is 13.8. The largest absolute Gasteiger partial charge is 0.397 e. The number of rotatable bonds is 2. The van der Waals surface area contributed by atoms with E-state index in [4.69, 9.17) is 10.7 Å². The number of aliphatic imine (C=N–C) groups is 1. The van der Waals surface area contributed by atoms with Gasteiger partial charge in [-0.05, 0) is 40.9 Å². The molecule has 0 bridgehead atoms. The number of nitrogens with zero attached hydrogens (tertiary/aromatic N) is 1. The lowest BCUT2D eigenvalue weighted by molar-refractivity contribution is 0.588. The third-order valence-electron chi connectivity index (χ3n) is 3.78. The predicted octanol–water partition coefficient (Wildman–Crippen LogP) is 3.97. The summed E-state index contributed by atoms with van der Waals surface area (Å²) in [5.74, 6) is 0.852. The zero-order valence-corrected chi connectivity index (χ0v) is 14.4. The first kappa shape index (κ1) is 15.1. The van der Waals surface area contributed by atoms with Gasteiger partial charge in [-0.25, -0.2) is 0 Å². The molecule has 19 heavy (non-hydrogen) atoms. The highest BCUT2D eigenvalue weighted by molar-refractivity contribution is 9.11. The topological polar surface area (TPSA) is 38.4 Å². The minimum atomic E-state index is 0.460. The fourth-order valence-electron chi connectivity index (χ4n) is 2.51. The van der Waals surface area contributed by atoms with Crippen molar-refractivity contribution in [2.45, 2.75) is 44.0 Å². The van der Waals surface area contributed by atoms with E-state index in [1.807, 2.05) is 18.3 Å². The normalized spacial score (nSPS) is 24.5. The highest BCUT2D eigenvalue weighted by atomic mass is 79.9. The van der Waals surface area contributed by atoms with Gasteiger partial charge in [-0.15, -0.1) is 0 Å². The van der Waals surface area contributed by atoms with Crippen molar-refractivity contribution < 1.29 is 0 Å². The van der Waals surface area contributed by atoms with Crippen molar-refractivity contribution >= 4 is 51.6 Å². The molecule has 1 fully saturated rings. The molecule has 1 saturated carbocycles. The molecule has 1 aromatic rings. The highest BCUT2D eigenvalue weighted by Gasteiger charge is 2.14. The van der Waals surface area contributed by atoms with Gasteiger partial charge in [-0.3, -0.25) is 4.99 Å². The number of nitrogen functional groups attached to an aromatic ring is 1. The minimum absolute atomic E-state index is 0.460. The number of nitrogens with two attached hydrogens (primary N) is 1. The Hall–Kier alpha value is -0.285. The molecule has 2 nitrogen and oxygen atoms in total. The molecule has 0 aromatic heterocycles. The molecular formula is C14H19BBr2N2. The van der Waals surface area contributed by atoms with E-state index in [0.717, 1.165) is 26.0 Å². The first-order valence-corrected chi connectivity index (χ1v) is 8.42. The number of halogens is 2. The number of benzene rings is 1. The average Bonchev–Trinajstić information content (AvgIpc) is 2.57. The summed E-state index contributed by atoms with van der Waals surface area (Å²) in [6, 6.07) is 4.44. The Labute approximate surface area is 132 Å². The van der Waals surface area contributed by atoms with Gasteiger partial charge in [0.2, 0.25) is 0 Å². The molecule has 1 aromatic carbocycles. The number of anilines is 1. The van der Waals surface area contributed by atoms with Gasteiger partial charge >= 0.3 is 0 Å². The molecule has 2 rings (SSSR count). The molecule has 0 aliphatic heterocycles. The lowest BCUT2D eigenvalue weighted by atomic mass is 9.81. The van der Waals surface area contributed by atoms with Crippen LogP contribution in [0.15, 0.2) is 26.1 Å². The van der Waals surface area contributed by atoms with E-state index in [9.17, 15) is 0 Å². The molecule has 2 atom stereocenters. The van der Waals surface area contributed by atoms with E-state index in [1.165, 1.54) is 32.1 Å². The third kappa shape index (κ3) is 4.35. The fourth-order valence-corrected chi connectivity index (χ4v) is 3.77. The molecule has 2 unspecified atom stereocenters. The van der Waals surface area contributed by atoms with E-state index in [-0.39, 0.29) is 0 Å². The number of hydrogen-bond acceptors (Lipinski definition) is 2. The molecule has 0 spiro atoms. The summed E-state index contributed by atoms with van der Waals surface area (Å²) < 4.78 is 1.93. The smallest absolute Gasteiger partial charge is 0.105 e. The second-order valence-electron chi connectivity index (χ2n) is 5.44. The van der Waals surface area contributed by atoms with Crippen LogP contribution in [0.3, 0.4) is 0 Å². The van der Waals surface area contributed by atoms with Crippen LogP contribution in [0.1, 0.15) is 37.7 Å². The van der Waals surface area contributed by atoms with Crippen LogP contribution in [0.25, 0.3) is 0 Å². The van der Waals surface area contributed by atoms with Gasteiger partial charge in [0.05, 0.1) is 5.69 Å². The van der Waals surface area contributed by atoms with Gasteiger partial charge in [0.1, 0.15) is 7.85 Å². The standard InChI is InChI=1S/C14H19BBr2N2/c15-10-2-1-3-12(5-4-10)19-8-9-6-11(16)7-13(17)14(9)18/h6-8,10,12H,1-5,15,18H2/b19-8+. The molecule has 0 radical (unpaired) electrons. The van der Waals surface area contributed by atoms with Crippen LogP contribution in [0, 0.1) is 0 Å². The van der Waals surface area contributed by atoms with Crippen LogP contribution in [0.5, 0.6) is 0 Å². The van der Waals surface area contributed by atoms with Gasteiger partial charge in [0.25, 0.3) is 0 Å². The first-order chi connectivity index (χ1) is 9.06. The summed E-state index contributed by atoms with van der Waals surface area (Å²) in [4.78, 5) is 4.74. The molecule has 2 N–H and O–H groups in total. The highest BCUT2D eigenvalue weighted by Crippen LogP contribution is 2.29. The second kappa shape index (κ2) is 6.93. The molecule has 1 aliphatic carbocycles. The van der Waals surface area contributed by atoms with E-state index in [0.29, 0.717) is 6.04 Å². The molecule has 0 amide bonds. The van der Waals surface area contributed by atoms with E-state index in [2.05, 4.69) is 39.7 Å². The van der Waals surface area contributed by atoms with Crippen molar-refractivity contribution in [1.29, 1.82) is 0 Å². The second-order valence-corrected chi connectivity index (χ2v) is 7.21. The monoisotopic (exact) mass is 384 g/mol. The van der Waals surface area contributed by atoms with Gasteiger partial charge in [-0.2, -0.15) is 0 Å². The maximum Gasteiger partial charge on any atom is 0.105 e. The lowest BCUT2D eigenvalue weighted by Gasteiger charge is -2.09. The van der Waals surface area contributed by atoms with Gasteiger partial charge in [0, 0.05) is 26.8 Å². The predicted molar refractivity (Wildman–Crippen MR) is 93.0 cm³/mol. The van der Waals surface area contributed by atoms with Gasteiger partial charge in [0.15, 0.2) is 0 Å². The summed E-state index contributed by atoms with van der Waals surface area (Å²) in [5, 5.41) is 0. The third-order valence-corrected chi connectivity index (χ3v) is 4.89. The SMILES string of the molecule is BC1CCCC(/N=C/c2cc(Br)cc(Br)c2N)CC1. The van der Waals surface area contributed by atoms with E-state index < -0.39 is 0 Å². The van der Waals surface area contributed by atoms with Gasteiger partial charge < -0.3 is 5.73 Å². The van der Waals surface area contributed by atoms with Crippen LogP contribution in [0.4, 0.5) is 5.69 Å². The van der Waals surface area contributed by atoms with Crippen molar-refractivity contribution in [2.24, 2.45) is 4.99 Å². The van der Waals surface area contributed by atoms with Crippen molar-refractivity contribution in [3.05, 3.63) is 26.6 Å².